The lowest BCUT2D eigenvalue weighted by Gasteiger charge is -2.00. The molecule has 2 heterocycles. The summed E-state index contributed by atoms with van der Waals surface area (Å²) in [6.45, 7) is 1.07. The van der Waals surface area contributed by atoms with Crippen LogP contribution in [0.15, 0.2) is 0 Å². The predicted octanol–water partition coefficient (Wildman–Crippen LogP) is 0.0460. The molecule has 0 radical (unpaired) electrons. The summed E-state index contributed by atoms with van der Waals surface area (Å²) in [5.74, 6) is 0.789. The van der Waals surface area contributed by atoms with Crippen molar-refractivity contribution < 1.29 is 0 Å². The molecule has 11 heavy (non-hydrogen) atoms. The lowest BCUT2D eigenvalue weighted by molar-refractivity contribution is 0.606. The van der Waals surface area contributed by atoms with Crippen LogP contribution in [0.4, 0.5) is 0 Å². The van der Waals surface area contributed by atoms with Gasteiger partial charge >= 0.3 is 0 Å². The molecule has 1 aromatic rings. The van der Waals surface area contributed by atoms with E-state index in [0.717, 1.165) is 18.8 Å². The summed E-state index contributed by atoms with van der Waals surface area (Å²) in [6.07, 6.45) is 2.33. The minimum Gasteiger partial charge on any atom is -0.307 e. The Balaban J connectivity index is 0.000000605. The highest BCUT2D eigenvalue weighted by atomic mass is 35.5. The van der Waals surface area contributed by atoms with Crippen molar-refractivity contribution in [2.24, 2.45) is 0 Å². The second-order valence-corrected chi connectivity index (χ2v) is 2.42. The number of tetrazole rings is 1. The lowest BCUT2D eigenvalue weighted by Crippen LogP contribution is -2.14. The van der Waals surface area contributed by atoms with Crippen LogP contribution < -0.4 is 5.32 Å². The van der Waals surface area contributed by atoms with Gasteiger partial charge in [-0.3, -0.25) is 0 Å². The van der Waals surface area contributed by atoms with Crippen LogP contribution in [0, 0.1) is 0 Å². The van der Waals surface area contributed by atoms with Crippen LogP contribution in [0.1, 0.15) is 24.7 Å². The maximum Gasteiger partial charge on any atom is 0.191 e. The second-order valence-electron chi connectivity index (χ2n) is 2.42. The van der Waals surface area contributed by atoms with Crippen molar-refractivity contribution in [2.45, 2.75) is 18.9 Å². The van der Waals surface area contributed by atoms with Gasteiger partial charge in [0.2, 0.25) is 0 Å². The molecule has 2 rings (SSSR count). The van der Waals surface area contributed by atoms with E-state index in [1.54, 1.807) is 0 Å². The van der Waals surface area contributed by atoms with Gasteiger partial charge in [-0.15, -0.1) is 22.6 Å². The number of nitrogens with zero attached hydrogens (tertiary/aromatic N) is 3. The number of halogens is 1. The molecule has 0 unspecified atom stereocenters. The lowest BCUT2D eigenvalue weighted by atomic mass is 10.2. The monoisotopic (exact) mass is 175 g/mol. The van der Waals surface area contributed by atoms with Crippen molar-refractivity contribution in [1.29, 1.82) is 0 Å². The van der Waals surface area contributed by atoms with Crippen molar-refractivity contribution in [3.8, 4) is 0 Å². The van der Waals surface area contributed by atoms with Gasteiger partial charge in [-0.25, -0.2) is 0 Å². The van der Waals surface area contributed by atoms with Gasteiger partial charge in [0.15, 0.2) is 5.82 Å². The van der Waals surface area contributed by atoms with Crippen molar-refractivity contribution in [3.63, 3.8) is 0 Å². The summed E-state index contributed by atoms with van der Waals surface area (Å²) >= 11 is 0. The van der Waals surface area contributed by atoms with Crippen molar-refractivity contribution >= 4 is 12.4 Å². The van der Waals surface area contributed by atoms with Crippen LogP contribution in [0.25, 0.3) is 0 Å². The topological polar surface area (TPSA) is 66.5 Å². The van der Waals surface area contributed by atoms with Gasteiger partial charge in [0, 0.05) is 0 Å². The van der Waals surface area contributed by atoms with E-state index in [0.29, 0.717) is 6.04 Å². The molecular formula is C5H10ClN5. The molecule has 0 aliphatic carbocycles. The van der Waals surface area contributed by atoms with Crippen molar-refractivity contribution in [1.82, 2.24) is 25.9 Å². The van der Waals surface area contributed by atoms with Crippen LogP contribution >= 0.6 is 12.4 Å². The van der Waals surface area contributed by atoms with Gasteiger partial charge in [-0.2, -0.15) is 5.21 Å². The number of aromatic amines is 1. The normalized spacial score (nSPS) is 23.1. The molecule has 0 aromatic carbocycles. The van der Waals surface area contributed by atoms with Crippen molar-refractivity contribution in [2.75, 3.05) is 6.54 Å². The van der Waals surface area contributed by atoms with E-state index in [1.165, 1.54) is 6.42 Å². The smallest absolute Gasteiger partial charge is 0.191 e. The van der Waals surface area contributed by atoms with E-state index < -0.39 is 0 Å². The van der Waals surface area contributed by atoms with Crippen LogP contribution in [-0.4, -0.2) is 27.2 Å². The summed E-state index contributed by atoms with van der Waals surface area (Å²) in [6, 6.07) is 0.332. The molecule has 0 amide bonds. The standard InChI is InChI=1S/C5H9N5.ClH/c1-2-4(6-3-1)5-7-9-10-8-5;/h4,6H,1-3H2,(H,7,8,9,10);1H/t4-;/m0./s1. The molecule has 6 heteroatoms. The Morgan fingerprint density at radius 1 is 1.45 bits per heavy atom. The average Bonchev–Trinajstić information content (AvgIpc) is 2.59. The Labute approximate surface area is 70.4 Å². The fourth-order valence-electron chi connectivity index (χ4n) is 1.22. The van der Waals surface area contributed by atoms with Gasteiger partial charge in [0.25, 0.3) is 0 Å². The molecule has 0 spiro atoms. The van der Waals surface area contributed by atoms with E-state index in [2.05, 4.69) is 25.9 Å². The Kier molecular flexibility index (Phi) is 2.78. The molecule has 0 saturated carbocycles. The third kappa shape index (κ3) is 1.66. The highest BCUT2D eigenvalue weighted by Crippen LogP contribution is 2.17. The fourth-order valence-corrected chi connectivity index (χ4v) is 1.22. The molecule has 62 valence electrons. The first kappa shape index (κ1) is 8.42. The van der Waals surface area contributed by atoms with E-state index in [4.69, 9.17) is 0 Å². The number of rotatable bonds is 1. The van der Waals surface area contributed by atoms with E-state index >= 15 is 0 Å². The second kappa shape index (κ2) is 3.64. The zero-order valence-electron chi connectivity index (χ0n) is 5.95. The summed E-state index contributed by atoms with van der Waals surface area (Å²) in [5.41, 5.74) is 0. The maximum absolute atomic E-state index is 3.89. The summed E-state index contributed by atoms with van der Waals surface area (Å²) in [5, 5.41) is 17.0. The van der Waals surface area contributed by atoms with Gasteiger partial charge in [0.1, 0.15) is 0 Å². The number of nitrogens with one attached hydrogen (secondary N) is 2. The van der Waals surface area contributed by atoms with Crippen molar-refractivity contribution in [3.05, 3.63) is 5.82 Å². The minimum atomic E-state index is 0. The van der Waals surface area contributed by atoms with E-state index in [-0.39, 0.29) is 12.4 Å². The van der Waals surface area contributed by atoms with E-state index in [9.17, 15) is 0 Å². The molecule has 1 aromatic heterocycles. The first-order chi connectivity index (χ1) is 4.97. The number of hydrogen-bond acceptors (Lipinski definition) is 4. The fraction of sp³-hybridized carbons (Fsp3) is 0.800. The Morgan fingerprint density at radius 3 is 2.91 bits per heavy atom. The minimum absolute atomic E-state index is 0. The number of aromatic nitrogens is 4. The first-order valence-electron chi connectivity index (χ1n) is 3.43. The van der Waals surface area contributed by atoms with E-state index in [1.807, 2.05) is 0 Å². The van der Waals surface area contributed by atoms with Gasteiger partial charge < -0.3 is 5.32 Å². The van der Waals surface area contributed by atoms with Crippen LogP contribution in [0.3, 0.4) is 0 Å². The zero-order valence-corrected chi connectivity index (χ0v) is 6.77. The zero-order chi connectivity index (χ0) is 6.81. The summed E-state index contributed by atoms with van der Waals surface area (Å²) in [4.78, 5) is 0. The molecule has 1 aliphatic rings. The SMILES string of the molecule is C1CN[C@H](c2nn[nH]n2)C1.Cl. The van der Waals surface area contributed by atoms with Gasteiger partial charge in [-0.05, 0) is 19.4 Å². The average molecular weight is 176 g/mol. The Bertz CT molecular complexity index is 193. The summed E-state index contributed by atoms with van der Waals surface area (Å²) < 4.78 is 0. The third-order valence-corrected chi connectivity index (χ3v) is 1.73. The molecule has 1 atom stereocenters. The molecule has 5 nitrogen and oxygen atoms in total. The van der Waals surface area contributed by atoms with Crippen LogP contribution in [-0.2, 0) is 0 Å². The summed E-state index contributed by atoms with van der Waals surface area (Å²) in [7, 11) is 0. The molecule has 1 saturated heterocycles. The van der Waals surface area contributed by atoms with Crippen LogP contribution in [0.2, 0.25) is 0 Å². The Morgan fingerprint density at radius 2 is 2.36 bits per heavy atom. The quantitative estimate of drug-likeness (QED) is 0.633. The highest BCUT2D eigenvalue weighted by molar-refractivity contribution is 5.85. The predicted molar refractivity (Wildman–Crippen MR) is 41.4 cm³/mol. The maximum atomic E-state index is 3.89. The number of H-pyrrole nitrogens is 1. The molecule has 1 fully saturated rings. The first-order valence-corrected chi connectivity index (χ1v) is 3.43. The molecular weight excluding hydrogens is 166 g/mol. The largest absolute Gasteiger partial charge is 0.307 e. The molecule has 1 aliphatic heterocycles. The number of hydrogen-bond donors (Lipinski definition) is 2. The highest BCUT2D eigenvalue weighted by Gasteiger charge is 2.19. The molecule has 0 bridgehead atoms. The van der Waals surface area contributed by atoms with Gasteiger partial charge in [0.05, 0.1) is 6.04 Å². The third-order valence-electron chi connectivity index (χ3n) is 1.73. The Hall–Kier alpha value is -0.680. The van der Waals surface area contributed by atoms with Crippen LogP contribution in [0.5, 0.6) is 0 Å². The van der Waals surface area contributed by atoms with Gasteiger partial charge in [-0.1, -0.05) is 5.21 Å². The molecule has 2 N–H and O–H groups in total.